The molecule has 2 amide bonds. The van der Waals surface area contributed by atoms with E-state index < -0.39 is 0 Å². The minimum absolute atomic E-state index is 0.101. The Kier molecular flexibility index (Phi) is 5.25. The molecule has 2 N–H and O–H groups in total. The van der Waals surface area contributed by atoms with Crippen LogP contribution in [-0.4, -0.2) is 12.1 Å². The van der Waals surface area contributed by atoms with E-state index >= 15 is 0 Å². The van der Waals surface area contributed by atoms with Crippen molar-refractivity contribution in [2.24, 2.45) is 0 Å². The molecule has 0 bridgehead atoms. The molecule has 0 aromatic heterocycles. The van der Waals surface area contributed by atoms with Crippen LogP contribution >= 0.6 is 15.9 Å². The number of carbonyl (C=O) groups excluding carboxylic acids is 1. The molecule has 2 rings (SSSR count). The van der Waals surface area contributed by atoms with Gasteiger partial charge in [-0.25, -0.2) is 4.79 Å². The van der Waals surface area contributed by atoms with Crippen molar-refractivity contribution in [1.82, 2.24) is 5.32 Å². The minimum Gasteiger partial charge on any atom is -0.335 e. The summed E-state index contributed by atoms with van der Waals surface area (Å²) in [5.41, 5.74) is 1.98. The number of benzene rings is 1. The number of hydrogen-bond acceptors (Lipinski definition) is 1. The molecule has 1 aromatic carbocycles. The van der Waals surface area contributed by atoms with Gasteiger partial charge in [0.2, 0.25) is 0 Å². The smallest absolute Gasteiger partial charge is 0.319 e. The summed E-state index contributed by atoms with van der Waals surface area (Å²) in [6, 6.07) is 6.14. The fourth-order valence-corrected chi connectivity index (χ4v) is 3.08. The molecule has 1 aliphatic carbocycles. The molecule has 1 saturated carbocycles. The van der Waals surface area contributed by atoms with Crippen molar-refractivity contribution in [1.29, 1.82) is 0 Å². The van der Waals surface area contributed by atoms with E-state index in [9.17, 15) is 4.79 Å². The summed E-state index contributed by atoms with van der Waals surface area (Å²) in [4.78, 5) is 12.0. The van der Waals surface area contributed by atoms with Crippen LogP contribution in [0.3, 0.4) is 0 Å². The number of rotatable bonds is 2. The van der Waals surface area contributed by atoms with E-state index in [0.717, 1.165) is 23.0 Å². The molecular weight excluding hydrogens is 304 g/mol. The number of halogens is 1. The van der Waals surface area contributed by atoms with Crippen LogP contribution in [0.25, 0.3) is 0 Å². The first-order chi connectivity index (χ1) is 9.15. The van der Waals surface area contributed by atoms with Crippen molar-refractivity contribution in [3.63, 3.8) is 0 Å². The van der Waals surface area contributed by atoms with Crippen molar-refractivity contribution in [3.8, 4) is 0 Å². The average Bonchev–Trinajstić information content (AvgIpc) is 2.61. The molecule has 1 aliphatic rings. The Hall–Kier alpha value is -1.03. The standard InChI is InChI=1S/C15H21BrN2O/c1-11-8-9-14(13(16)10-11)18-15(19)17-12-6-4-2-3-5-7-12/h8-10,12H,2-7H2,1H3,(H2,17,18,19). The zero-order valence-electron chi connectivity index (χ0n) is 11.3. The lowest BCUT2D eigenvalue weighted by molar-refractivity contribution is 0.247. The highest BCUT2D eigenvalue weighted by Crippen LogP contribution is 2.23. The van der Waals surface area contributed by atoms with Gasteiger partial charge in [-0.05, 0) is 53.4 Å². The summed E-state index contributed by atoms with van der Waals surface area (Å²) >= 11 is 3.47. The van der Waals surface area contributed by atoms with E-state index in [1.807, 2.05) is 25.1 Å². The van der Waals surface area contributed by atoms with Crippen LogP contribution in [0.2, 0.25) is 0 Å². The lowest BCUT2D eigenvalue weighted by atomic mass is 10.1. The first-order valence-electron chi connectivity index (χ1n) is 6.99. The highest BCUT2D eigenvalue weighted by atomic mass is 79.9. The Labute approximate surface area is 123 Å². The van der Waals surface area contributed by atoms with Crippen molar-refractivity contribution < 1.29 is 4.79 Å². The van der Waals surface area contributed by atoms with Crippen molar-refractivity contribution in [3.05, 3.63) is 28.2 Å². The van der Waals surface area contributed by atoms with Gasteiger partial charge >= 0.3 is 6.03 Å². The maximum absolute atomic E-state index is 12.0. The monoisotopic (exact) mass is 324 g/mol. The quantitative estimate of drug-likeness (QED) is 0.767. The van der Waals surface area contributed by atoms with Crippen LogP contribution in [0, 0.1) is 6.92 Å². The van der Waals surface area contributed by atoms with E-state index in [1.165, 1.54) is 31.2 Å². The van der Waals surface area contributed by atoms with Crippen molar-refractivity contribution in [2.45, 2.75) is 51.5 Å². The van der Waals surface area contributed by atoms with Gasteiger partial charge in [0.1, 0.15) is 0 Å². The van der Waals surface area contributed by atoms with Crippen LogP contribution in [-0.2, 0) is 0 Å². The summed E-state index contributed by atoms with van der Waals surface area (Å²) in [6.45, 7) is 2.03. The van der Waals surface area contributed by atoms with E-state index in [4.69, 9.17) is 0 Å². The predicted octanol–water partition coefficient (Wildman–Crippen LogP) is 4.60. The zero-order valence-corrected chi connectivity index (χ0v) is 12.9. The van der Waals surface area contributed by atoms with Gasteiger partial charge in [0.25, 0.3) is 0 Å². The summed E-state index contributed by atoms with van der Waals surface area (Å²) < 4.78 is 0.920. The highest BCUT2D eigenvalue weighted by molar-refractivity contribution is 9.10. The summed E-state index contributed by atoms with van der Waals surface area (Å²) in [7, 11) is 0. The van der Waals surface area contributed by atoms with Crippen molar-refractivity contribution >= 4 is 27.6 Å². The van der Waals surface area contributed by atoms with Gasteiger partial charge < -0.3 is 10.6 Å². The van der Waals surface area contributed by atoms with Gasteiger partial charge in [-0.1, -0.05) is 31.7 Å². The van der Waals surface area contributed by atoms with Gasteiger partial charge in [0.15, 0.2) is 0 Å². The molecular formula is C15H21BrN2O. The SMILES string of the molecule is Cc1ccc(NC(=O)NC2CCCCCC2)c(Br)c1. The number of hydrogen-bond donors (Lipinski definition) is 2. The molecule has 0 heterocycles. The lowest BCUT2D eigenvalue weighted by Gasteiger charge is -2.17. The Morgan fingerprint density at radius 1 is 1.21 bits per heavy atom. The minimum atomic E-state index is -0.101. The topological polar surface area (TPSA) is 41.1 Å². The second kappa shape index (κ2) is 6.94. The number of carbonyl (C=O) groups is 1. The van der Waals surface area contributed by atoms with E-state index in [-0.39, 0.29) is 6.03 Å². The summed E-state index contributed by atoms with van der Waals surface area (Å²) in [5.74, 6) is 0. The van der Waals surface area contributed by atoms with Gasteiger partial charge in [-0.15, -0.1) is 0 Å². The van der Waals surface area contributed by atoms with Crippen LogP contribution in [0.5, 0.6) is 0 Å². The highest BCUT2D eigenvalue weighted by Gasteiger charge is 2.15. The third-order valence-corrected chi connectivity index (χ3v) is 4.22. The van der Waals surface area contributed by atoms with E-state index in [0.29, 0.717) is 6.04 Å². The molecule has 0 aliphatic heterocycles. The molecule has 3 nitrogen and oxygen atoms in total. The molecule has 1 fully saturated rings. The third kappa shape index (κ3) is 4.53. The normalized spacial score (nSPS) is 16.7. The molecule has 1 aromatic rings. The molecule has 104 valence electrons. The van der Waals surface area contributed by atoms with Crippen LogP contribution in [0.1, 0.15) is 44.1 Å². The van der Waals surface area contributed by atoms with E-state index in [2.05, 4.69) is 26.6 Å². The number of amides is 2. The van der Waals surface area contributed by atoms with E-state index in [1.54, 1.807) is 0 Å². The number of nitrogens with one attached hydrogen (secondary N) is 2. The Bertz CT molecular complexity index is 440. The van der Waals surface area contributed by atoms with Gasteiger partial charge in [0, 0.05) is 10.5 Å². The molecule has 4 heteroatoms. The second-order valence-corrected chi connectivity index (χ2v) is 6.12. The zero-order chi connectivity index (χ0) is 13.7. The molecule has 0 unspecified atom stereocenters. The predicted molar refractivity (Wildman–Crippen MR) is 82.5 cm³/mol. The van der Waals surface area contributed by atoms with Crippen LogP contribution < -0.4 is 10.6 Å². The number of urea groups is 1. The maximum atomic E-state index is 12.0. The molecule has 0 radical (unpaired) electrons. The van der Waals surface area contributed by atoms with Gasteiger partial charge in [-0.2, -0.15) is 0 Å². The first kappa shape index (κ1) is 14.4. The molecule has 0 atom stereocenters. The van der Waals surface area contributed by atoms with Crippen molar-refractivity contribution in [2.75, 3.05) is 5.32 Å². The van der Waals surface area contributed by atoms with Crippen LogP contribution in [0.15, 0.2) is 22.7 Å². The lowest BCUT2D eigenvalue weighted by Crippen LogP contribution is -2.37. The Morgan fingerprint density at radius 3 is 2.53 bits per heavy atom. The number of anilines is 1. The molecule has 0 spiro atoms. The summed E-state index contributed by atoms with van der Waals surface area (Å²) in [5, 5.41) is 5.99. The largest absolute Gasteiger partial charge is 0.335 e. The molecule has 0 saturated heterocycles. The first-order valence-corrected chi connectivity index (χ1v) is 7.78. The van der Waals surface area contributed by atoms with Crippen LogP contribution in [0.4, 0.5) is 10.5 Å². The fourth-order valence-electron chi connectivity index (χ4n) is 2.49. The van der Waals surface area contributed by atoms with Gasteiger partial charge in [0.05, 0.1) is 5.69 Å². The van der Waals surface area contributed by atoms with Gasteiger partial charge in [-0.3, -0.25) is 0 Å². The Morgan fingerprint density at radius 2 is 1.89 bits per heavy atom. The Balaban J connectivity index is 1.89. The number of aryl methyl sites for hydroxylation is 1. The fraction of sp³-hybridized carbons (Fsp3) is 0.533. The third-order valence-electron chi connectivity index (χ3n) is 3.56. The maximum Gasteiger partial charge on any atom is 0.319 e. The average molecular weight is 325 g/mol. The second-order valence-electron chi connectivity index (χ2n) is 5.27. The summed E-state index contributed by atoms with van der Waals surface area (Å²) in [6.07, 6.45) is 7.23. The molecule has 19 heavy (non-hydrogen) atoms.